The van der Waals surface area contributed by atoms with Crippen molar-refractivity contribution in [2.45, 2.75) is 26.8 Å². The Bertz CT molecular complexity index is 1240. The number of furan rings is 1. The number of Topliss-reactive ketones (excluding diaryl/α,β-unsaturated/α-hetero) is 1. The summed E-state index contributed by atoms with van der Waals surface area (Å²) in [5.74, 6) is -1.73. The minimum atomic E-state index is -1.04. The highest BCUT2D eigenvalue weighted by atomic mass is 32.1. The number of thiazole rings is 1. The molecule has 0 bridgehead atoms. The zero-order valence-electron chi connectivity index (χ0n) is 17.6. The van der Waals surface area contributed by atoms with E-state index in [2.05, 4.69) is 4.98 Å². The lowest BCUT2D eigenvalue weighted by molar-refractivity contribution is -0.132. The fourth-order valence-electron chi connectivity index (χ4n) is 3.52. The van der Waals surface area contributed by atoms with Gasteiger partial charge >= 0.3 is 11.9 Å². The predicted octanol–water partition coefficient (Wildman–Crippen LogP) is 4.16. The summed E-state index contributed by atoms with van der Waals surface area (Å²) in [5.41, 5.74) is 0.658. The van der Waals surface area contributed by atoms with Crippen LogP contribution in [0.15, 0.2) is 52.5 Å². The van der Waals surface area contributed by atoms with Gasteiger partial charge in [0.1, 0.15) is 28.2 Å². The molecule has 8 nitrogen and oxygen atoms in total. The van der Waals surface area contributed by atoms with E-state index in [1.54, 1.807) is 63.2 Å². The molecule has 32 heavy (non-hydrogen) atoms. The lowest BCUT2D eigenvalue weighted by Crippen LogP contribution is -2.29. The van der Waals surface area contributed by atoms with Gasteiger partial charge in [-0.25, -0.2) is 9.78 Å². The average Bonchev–Trinajstić information content (AvgIpc) is 3.45. The van der Waals surface area contributed by atoms with Gasteiger partial charge < -0.3 is 14.3 Å². The average molecular weight is 452 g/mol. The molecule has 3 heterocycles. The molecule has 1 aliphatic rings. The molecule has 1 fully saturated rings. The van der Waals surface area contributed by atoms with E-state index >= 15 is 0 Å². The number of esters is 1. The molecule has 1 saturated heterocycles. The number of carbonyl (C=O) groups is 3. The van der Waals surface area contributed by atoms with Gasteiger partial charge in [-0.3, -0.25) is 14.5 Å². The van der Waals surface area contributed by atoms with Crippen LogP contribution in [-0.4, -0.2) is 34.4 Å². The molecule has 1 N–H and O–H groups in total. The predicted molar refractivity (Wildman–Crippen MR) is 117 cm³/mol. The third-order valence-electron chi connectivity index (χ3n) is 4.97. The molecule has 1 amide bonds. The molecule has 0 radical (unpaired) electrons. The van der Waals surface area contributed by atoms with Crippen molar-refractivity contribution in [3.63, 3.8) is 0 Å². The number of amides is 1. The first-order chi connectivity index (χ1) is 15.3. The van der Waals surface area contributed by atoms with Gasteiger partial charge in [0.25, 0.3) is 5.78 Å². The van der Waals surface area contributed by atoms with E-state index in [1.165, 1.54) is 0 Å². The molecule has 2 aromatic heterocycles. The van der Waals surface area contributed by atoms with Crippen LogP contribution in [0, 0.1) is 13.8 Å². The van der Waals surface area contributed by atoms with Gasteiger partial charge in [-0.2, -0.15) is 0 Å². The zero-order valence-corrected chi connectivity index (χ0v) is 18.4. The van der Waals surface area contributed by atoms with Crippen LogP contribution in [0.5, 0.6) is 0 Å². The van der Waals surface area contributed by atoms with E-state index < -0.39 is 23.7 Å². The fraction of sp³-hybridized carbons (Fsp3) is 0.217. The van der Waals surface area contributed by atoms with Gasteiger partial charge in [-0.05, 0) is 32.9 Å². The Balaban J connectivity index is 1.89. The molecular weight excluding hydrogens is 432 g/mol. The van der Waals surface area contributed by atoms with Crippen LogP contribution in [0.1, 0.15) is 45.4 Å². The number of hydrogen-bond acceptors (Lipinski definition) is 8. The molecule has 0 saturated carbocycles. The summed E-state index contributed by atoms with van der Waals surface area (Å²) in [6.45, 7) is 5.24. The summed E-state index contributed by atoms with van der Waals surface area (Å²) in [6, 6.07) is 10.8. The summed E-state index contributed by atoms with van der Waals surface area (Å²) >= 11 is 0.947. The topological polar surface area (TPSA) is 110 Å². The van der Waals surface area contributed by atoms with Crippen LogP contribution >= 0.6 is 11.3 Å². The Kier molecular flexibility index (Phi) is 5.67. The number of aliphatic hydroxyl groups is 1. The van der Waals surface area contributed by atoms with Crippen molar-refractivity contribution in [1.82, 2.24) is 4.98 Å². The largest absolute Gasteiger partial charge is 0.507 e. The second kappa shape index (κ2) is 8.43. The molecule has 0 spiro atoms. The first kappa shape index (κ1) is 21.5. The van der Waals surface area contributed by atoms with Gasteiger partial charge in [-0.15, -0.1) is 0 Å². The zero-order chi connectivity index (χ0) is 23.0. The van der Waals surface area contributed by atoms with E-state index in [-0.39, 0.29) is 27.9 Å². The normalized spacial score (nSPS) is 17.7. The Morgan fingerprint density at radius 1 is 1.19 bits per heavy atom. The summed E-state index contributed by atoms with van der Waals surface area (Å²) in [6.07, 6.45) is 0. The van der Waals surface area contributed by atoms with E-state index in [4.69, 9.17) is 9.15 Å². The smallest absolute Gasteiger partial charge is 0.350 e. The van der Waals surface area contributed by atoms with Gasteiger partial charge in [0, 0.05) is 5.56 Å². The molecule has 164 valence electrons. The Morgan fingerprint density at radius 2 is 1.91 bits per heavy atom. The van der Waals surface area contributed by atoms with Crippen molar-refractivity contribution in [3.8, 4) is 0 Å². The Labute approximate surface area is 187 Å². The number of anilines is 1. The molecule has 9 heteroatoms. The first-order valence-electron chi connectivity index (χ1n) is 9.90. The maximum Gasteiger partial charge on any atom is 0.350 e. The van der Waals surface area contributed by atoms with E-state index in [0.29, 0.717) is 22.8 Å². The van der Waals surface area contributed by atoms with Crippen molar-refractivity contribution >= 4 is 39.9 Å². The minimum absolute atomic E-state index is 0.110. The number of aryl methyl sites for hydroxylation is 2. The molecular formula is C23H20N2O6S. The molecule has 1 aliphatic heterocycles. The van der Waals surface area contributed by atoms with Crippen LogP contribution in [0.2, 0.25) is 0 Å². The highest BCUT2D eigenvalue weighted by Gasteiger charge is 2.49. The van der Waals surface area contributed by atoms with E-state index in [0.717, 1.165) is 16.2 Å². The number of carbonyl (C=O) groups excluding carboxylic acids is 3. The van der Waals surface area contributed by atoms with Crippen LogP contribution < -0.4 is 4.90 Å². The molecule has 1 atom stereocenters. The van der Waals surface area contributed by atoms with Crippen molar-refractivity contribution in [1.29, 1.82) is 0 Å². The Morgan fingerprint density at radius 3 is 2.53 bits per heavy atom. The van der Waals surface area contributed by atoms with Gasteiger partial charge in [0.05, 0.1) is 17.9 Å². The lowest BCUT2D eigenvalue weighted by Gasteiger charge is -2.20. The molecule has 3 aromatic rings. The van der Waals surface area contributed by atoms with Crippen molar-refractivity contribution in [2.24, 2.45) is 0 Å². The standard InChI is InChI=1S/C23H20N2O6S/c1-4-30-22(29)20-13(3)24-23(32-20)25-17(15-11-10-12(2)31-15)16(19(27)21(25)28)18(26)14-8-6-5-7-9-14/h5-11,17,26H,4H2,1-3H3/b18-16+. The van der Waals surface area contributed by atoms with Crippen molar-refractivity contribution in [2.75, 3.05) is 11.5 Å². The number of hydrogen-bond donors (Lipinski definition) is 1. The highest BCUT2D eigenvalue weighted by molar-refractivity contribution is 7.17. The lowest BCUT2D eigenvalue weighted by atomic mass is 9.99. The number of ether oxygens (including phenoxy) is 1. The van der Waals surface area contributed by atoms with Crippen molar-refractivity contribution in [3.05, 3.63) is 75.7 Å². The summed E-state index contributed by atoms with van der Waals surface area (Å²) < 4.78 is 10.8. The minimum Gasteiger partial charge on any atom is -0.507 e. The SMILES string of the molecule is CCOC(=O)c1sc(N2C(=O)C(=O)/C(=C(/O)c3ccccc3)C2c2ccc(C)o2)nc1C. The molecule has 1 aromatic carbocycles. The van der Waals surface area contributed by atoms with Gasteiger partial charge in [0.15, 0.2) is 5.13 Å². The number of nitrogens with zero attached hydrogens (tertiary/aromatic N) is 2. The Hall–Kier alpha value is -3.72. The third kappa shape index (κ3) is 3.60. The van der Waals surface area contributed by atoms with Crippen LogP contribution in [0.3, 0.4) is 0 Å². The number of benzene rings is 1. The monoisotopic (exact) mass is 452 g/mol. The second-order valence-electron chi connectivity index (χ2n) is 7.11. The van der Waals surface area contributed by atoms with Gasteiger partial charge in [-0.1, -0.05) is 41.7 Å². The van der Waals surface area contributed by atoms with Crippen molar-refractivity contribution < 1.29 is 28.6 Å². The van der Waals surface area contributed by atoms with Crippen LogP contribution in [0.4, 0.5) is 5.13 Å². The second-order valence-corrected chi connectivity index (χ2v) is 8.09. The first-order valence-corrected chi connectivity index (χ1v) is 10.7. The number of ketones is 1. The molecule has 0 aliphatic carbocycles. The quantitative estimate of drug-likeness (QED) is 0.268. The highest BCUT2D eigenvalue weighted by Crippen LogP contribution is 2.44. The maximum absolute atomic E-state index is 13.1. The summed E-state index contributed by atoms with van der Waals surface area (Å²) in [4.78, 5) is 44.2. The molecule has 4 rings (SSSR count). The van der Waals surface area contributed by atoms with Crippen LogP contribution in [-0.2, 0) is 14.3 Å². The fourth-order valence-corrected chi connectivity index (χ4v) is 4.51. The summed E-state index contributed by atoms with van der Waals surface area (Å²) in [7, 11) is 0. The number of aromatic nitrogens is 1. The van der Waals surface area contributed by atoms with Gasteiger partial charge in [0.2, 0.25) is 0 Å². The maximum atomic E-state index is 13.1. The van der Waals surface area contributed by atoms with E-state index in [1.807, 2.05) is 0 Å². The number of rotatable bonds is 5. The molecule has 1 unspecified atom stereocenters. The van der Waals surface area contributed by atoms with Crippen LogP contribution in [0.25, 0.3) is 5.76 Å². The van der Waals surface area contributed by atoms with E-state index in [9.17, 15) is 19.5 Å². The number of aliphatic hydroxyl groups excluding tert-OH is 1. The summed E-state index contributed by atoms with van der Waals surface area (Å²) in [5, 5.41) is 11.1. The third-order valence-corrected chi connectivity index (χ3v) is 6.11.